The topological polar surface area (TPSA) is 12.9 Å². The molecule has 0 fully saturated rings. The molecule has 0 aliphatic carbocycles. The van der Waals surface area contributed by atoms with Crippen LogP contribution in [0.1, 0.15) is 0 Å². The van der Waals surface area contributed by atoms with E-state index in [2.05, 4.69) is 75.5 Å². The first-order valence-corrected chi connectivity index (χ1v) is 8.77. The molecule has 20 heavy (non-hydrogen) atoms. The van der Waals surface area contributed by atoms with Crippen molar-refractivity contribution in [3.8, 4) is 11.3 Å². The molecule has 0 atom stereocenters. The van der Waals surface area contributed by atoms with Crippen LogP contribution >= 0.6 is 15.9 Å². The molecule has 0 unspecified atom stereocenters. The van der Waals surface area contributed by atoms with Crippen LogP contribution in [0.25, 0.3) is 11.3 Å². The van der Waals surface area contributed by atoms with Crippen molar-refractivity contribution in [1.29, 1.82) is 0 Å². The number of hydrogen-bond donors (Lipinski definition) is 0. The molecule has 0 bridgehead atoms. The van der Waals surface area contributed by atoms with Gasteiger partial charge in [0.25, 0.3) is 0 Å². The van der Waals surface area contributed by atoms with Gasteiger partial charge in [-0.15, -0.1) is 0 Å². The van der Waals surface area contributed by atoms with Crippen LogP contribution < -0.4 is 8.92 Å². The summed E-state index contributed by atoms with van der Waals surface area (Å²) in [5, 5.41) is 0. The molecule has 3 heteroatoms. The van der Waals surface area contributed by atoms with Gasteiger partial charge in [0.05, 0.1) is 0 Å². The van der Waals surface area contributed by atoms with Gasteiger partial charge in [0.1, 0.15) is 0 Å². The molecule has 2 aromatic carbocycles. The minimum absolute atomic E-state index is 0.287. The number of nitrogens with zero attached hydrogens (tertiary/aromatic N) is 1. The Morgan fingerprint density at radius 3 is 2.40 bits per heavy atom. The van der Waals surface area contributed by atoms with Gasteiger partial charge < -0.3 is 0 Å². The molecule has 0 aliphatic rings. The average Bonchev–Trinajstić information content (AvgIpc) is 2.51. The first-order chi connectivity index (χ1) is 9.83. The number of halogens is 1. The third kappa shape index (κ3) is 3.18. The molecule has 1 aromatic heterocycles. The molecule has 0 saturated heterocycles. The van der Waals surface area contributed by atoms with Gasteiger partial charge in [0, 0.05) is 0 Å². The van der Waals surface area contributed by atoms with Crippen molar-refractivity contribution in [3.05, 3.63) is 77.4 Å². The molecular weight excluding hydrogens is 377 g/mol. The molecule has 0 N–H and O–H groups in total. The summed E-state index contributed by atoms with van der Waals surface area (Å²) >= 11 is 3.84. The van der Waals surface area contributed by atoms with Crippen molar-refractivity contribution in [3.63, 3.8) is 0 Å². The zero-order valence-corrected chi connectivity index (χ0v) is 14.0. The number of rotatable bonds is 3. The van der Waals surface area contributed by atoms with Crippen molar-refractivity contribution in [2.75, 3.05) is 0 Å². The maximum atomic E-state index is 4.48. The fourth-order valence-electron chi connectivity index (χ4n) is 1.93. The van der Waals surface area contributed by atoms with Crippen LogP contribution in [0, 0.1) is 0 Å². The number of aromatic nitrogens is 1. The summed E-state index contributed by atoms with van der Waals surface area (Å²) in [4.78, 5) is 4.48. The molecule has 0 saturated carbocycles. The van der Waals surface area contributed by atoms with E-state index in [9.17, 15) is 0 Å². The molecular formula is C17H12BrNSe. The van der Waals surface area contributed by atoms with Gasteiger partial charge in [0.2, 0.25) is 0 Å². The van der Waals surface area contributed by atoms with Gasteiger partial charge in [-0.3, -0.25) is 0 Å². The quantitative estimate of drug-likeness (QED) is 0.628. The van der Waals surface area contributed by atoms with Gasteiger partial charge in [-0.1, -0.05) is 0 Å². The minimum atomic E-state index is 0.287. The van der Waals surface area contributed by atoms with E-state index in [0.717, 1.165) is 10.2 Å². The molecule has 1 heterocycles. The standard InChI is InChI=1S/C17H12BrNSe/c18-13-9-10-17(20-14-6-2-1-3-7-14)15(12-13)16-8-4-5-11-19-16/h1-12H. The van der Waals surface area contributed by atoms with E-state index in [1.807, 2.05) is 18.3 Å². The summed E-state index contributed by atoms with van der Waals surface area (Å²) in [5.74, 6) is 0. The molecule has 3 rings (SSSR count). The van der Waals surface area contributed by atoms with Crippen LogP contribution in [0.15, 0.2) is 77.4 Å². The SMILES string of the molecule is Brc1ccc([Se]c2ccccc2)c(-c2ccccn2)c1. The van der Waals surface area contributed by atoms with Gasteiger partial charge in [-0.05, 0) is 0 Å². The van der Waals surface area contributed by atoms with Crippen LogP contribution in [-0.2, 0) is 0 Å². The number of pyridine rings is 1. The summed E-state index contributed by atoms with van der Waals surface area (Å²) in [6.07, 6.45) is 1.84. The van der Waals surface area contributed by atoms with Crippen LogP contribution in [0.2, 0.25) is 0 Å². The summed E-state index contributed by atoms with van der Waals surface area (Å²) in [6, 6.07) is 23.1. The number of hydrogen-bond acceptors (Lipinski definition) is 1. The fourth-order valence-corrected chi connectivity index (χ4v) is 4.30. The molecule has 0 radical (unpaired) electrons. The van der Waals surface area contributed by atoms with E-state index >= 15 is 0 Å². The Morgan fingerprint density at radius 2 is 1.65 bits per heavy atom. The van der Waals surface area contributed by atoms with E-state index in [0.29, 0.717) is 0 Å². The Hall–Kier alpha value is -1.41. The average molecular weight is 389 g/mol. The summed E-state index contributed by atoms with van der Waals surface area (Å²) < 4.78 is 3.82. The fraction of sp³-hybridized carbons (Fsp3) is 0. The normalized spacial score (nSPS) is 10.4. The maximum absolute atomic E-state index is 4.48. The molecule has 0 spiro atoms. The first kappa shape index (κ1) is 13.6. The Kier molecular flexibility index (Phi) is 4.31. The van der Waals surface area contributed by atoms with E-state index < -0.39 is 0 Å². The van der Waals surface area contributed by atoms with Gasteiger partial charge in [0.15, 0.2) is 0 Å². The Balaban J connectivity index is 2.03. The van der Waals surface area contributed by atoms with Crippen LogP contribution in [-0.4, -0.2) is 19.9 Å². The van der Waals surface area contributed by atoms with Crippen LogP contribution in [0.4, 0.5) is 0 Å². The predicted molar refractivity (Wildman–Crippen MR) is 88.8 cm³/mol. The molecule has 3 aromatic rings. The zero-order chi connectivity index (χ0) is 13.8. The Bertz CT molecular complexity index is 699. The van der Waals surface area contributed by atoms with Gasteiger partial charge >= 0.3 is 133 Å². The van der Waals surface area contributed by atoms with Crippen LogP contribution in [0.5, 0.6) is 0 Å². The van der Waals surface area contributed by atoms with E-state index in [4.69, 9.17) is 0 Å². The second-order valence-electron chi connectivity index (χ2n) is 4.27. The third-order valence-corrected chi connectivity index (χ3v) is 5.62. The van der Waals surface area contributed by atoms with E-state index in [1.54, 1.807) is 0 Å². The van der Waals surface area contributed by atoms with Gasteiger partial charge in [-0.2, -0.15) is 0 Å². The Labute approximate surface area is 133 Å². The molecule has 98 valence electrons. The molecule has 0 amide bonds. The zero-order valence-electron chi connectivity index (χ0n) is 10.7. The van der Waals surface area contributed by atoms with Crippen molar-refractivity contribution in [2.45, 2.75) is 0 Å². The monoisotopic (exact) mass is 389 g/mol. The second kappa shape index (κ2) is 6.36. The third-order valence-electron chi connectivity index (χ3n) is 2.85. The van der Waals surface area contributed by atoms with Crippen LogP contribution in [0.3, 0.4) is 0 Å². The molecule has 1 nitrogen and oxygen atoms in total. The first-order valence-electron chi connectivity index (χ1n) is 6.27. The molecule has 0 aliphatic heterocycles. The second-order valence-corrected chi connectivity index (χ2v) is 7.53. The van der Waals surface area contributed by atoms with Crippen molar-refractivity contribution in [1.82, 2.24) is 4.98 Å². The number of benzene rings is 2. The Morgan fingerprint density at radius 1 is 0.850 bits per heavy atom. The summed E-state index contributed by atoms with van der Waals surface area (Å²) in [6.45, 7) is 0. The summed E-state index contributed by atoms with van der Waals surface area (Å²) in [5.41, 5.74) is 2.24. The van der Waals surface area contributed by atoms with Crippen molar-refractivity contribution in [2.24, 2.45) is 0 Å². The predicted octanol–water partition coefficient (Wildman–Crippen LogP) is 3.17. The van der Waals surface area contributed by atoms with Gasteiger partial charge in [-0.25, -0.2) is 0 Å². The van der Waals surface area contributed by atoms with E-state index in [1.165, 1.54) is 14.5 Å². The van der Waals surface area contributed by atoms with E-state index in [-0.39, 0.29) is 15.0 Å². The van der Waals surface area contributed by atoms with Crippen molar-refractivity contribution >= 4 is 39.8 Å². The van der Waals surface area contributed by atoms with Crippen molar-refractivity contribution < 1.29 is 0 Å². The summed E-state index contributed by atoms with van der Waals surface area (Å²) in [7, 11) is 0.